The molecule has 0 aliphatic carbocycles. The van der Waals surface area contributed by atoms with Crippen LogP contribution in [0.25, 0.3) is 15.0 Å². The van der Waals surface area contributed by atoms with Gasteiger partial charge in [0, 0.05) is 33.0 Å². The van der Waals surface area contributed by atoms with Crippen LogP contribution in [0.4, 0.5) is 8.78 Å². The van der Waals surface area contributed by atoms with E-state index in [1.54, 1.807) is 12.1 Å². The number of aryl methyl sites for hydroxylation is 1. The Morgan fingerprint density at radius 1 is 1.03 bits per heavy atom. The second-order valence-corrected chi connectivity index (χ2v) is 9.21. The molecule has 2 unspecified atom stereocenters. The van der Waals surface area contributed by atoms with Gasteiger partial charge in [-0.15, -0.1) is 6.42 Å². The number of carbonyl (C=O) groups is 1. The van der Waals surface area contributed by atoms with Crippen molar-refractivity contribution in [1.29, 1.82) is 0 Å². The minimum absolute atomic E-state index is 0.0575. The lowest BCUT2D eigenvalue weighted by Gasteiger charge is -2.24. The molecule has 0 aliphatic rings. The Morgan fingerprint density at radius 2 is 1.68 bits per heavy atom. The summed E-state index contributed by atoms with van der Waals surface area (Å²) in [7, 11) is -0.203. The number of ether oxygens (including phenoxy) is 1. The molecule has 0 fully saturated rings. The van der Waals surface area contributed by atoms with E-state index >= 15 is 0 Å². The summed E-state index contributed by atoms with van der Waals surface area (Å²) in [4.78, 5) is 13.8. The molecule has 4 aromatic rings. The Hall–Kier alpha value is -3.49. The molecule has 2 atom stereocenters. The van der Waals surface area contributed by atoms with Crippen molar-refractivity contribution in [2.24, 2.45) is 0 Å². The van der Waals surface area contributed by atoms with Crippen LogP contribution in [-0.2, 0) is 10.3 Å². The summed E-state index contributed by atoms with van der Waals surface area (Å²) in [6.45, 7) is 3.52. The van der Waals surface area contributed by atoms with Crippen LogP contribution in [-0.4, -0.2) is 5.97 Å². The van der Waals surface area contributed by atoms with Crippen molar-refractivity contribution in [2.75, 3.05) is 0 Å². The Labute approximate surface area is 182 Å². The lowest BCUT2D eigenvalue weighted by Crippen LogP contribution is -2.28. The summed E-state index contributed by atoms with van der Waals surface area (Å²) in [5.74, 6) is 0.0841. The predicted octanol–water partition coefficient (Wildman–Crippen LogP) is 6.87. The summed E-state index contributed by atoms with van der Waals surface area (Å²) in [6.07, 6.45) is 5.55. The third-order valence-electron chi connectivity index (χ3n) is 5.17. The molecule has 4 rings (SSSR count). The summed E-state index contributed by atoms with van der Waals surface area (Å²) in [5.41, 5.74) is -0.0134. The fourth-order valence-electron chi connectivity index (χ4n) is 3.47. The summed E-state index contributed by atoms with van der Waals surface area (Å²) in [6, 6.07) is 18.3. The normalized spacial score (nSPS) is 13.5. The van der Waals surface area contributed by atoms with Crippen molar-refractivity contribution in [3.05, 3.63) is 100 Å². The number of fused-ring (bicyclic) bond motifs is 1. The van der Waals surface area contributed by atoms with Crippen LogP contribution < -0.4 is 0 Å². The molecule has 0 amide bonds. The lowest BCUT2D eigenvalue weighted by molar-refractivity contribution is 0.0127. The smallest absolute Gasteiger partial charge is 0.339 e. The quantitative estimate of drug-likeness (QED) is 0.199. The van der Waals surface area contributed by atoms with E-state index in [1.165, 1.54) is 22.6 Å². The number of rotatable bonds is 4. The molecule has 154 valence electrons. The van der Waals surface area contributed by atoms with Crippen molar-refractivity contribution in [3.8, 4) is 17.2 Å². The lowest BCUT2D eigenvalue weighted by atomic mass is 9.96. The Balaban J connectivity index is 1.61. The highest BCUT2D eigenvalue weighted by molar-refractivity contribution is 7.43. The third kappa shape index (κ3) is 3.95. The summed E-state index contributed by atoms with van der Waals surface area (Å²) >= 11 is 0. The number of thiophene rings is 1. The van der Waals surface area contributed by atoms with Crippen molar-refractivity contribution in [3.63, 3.8) is 0 Å². The maximum atomic E-state index is 13.6. The van der Waals surface area contributed by atoms with Gasteiger partial charge in [-0.2, -0.15) is 0 Å². The van der Waals surface area contributed by atoms with Gasteiger partial charge >= 0.3 is 5.97 Å². The van der Waals surface area contributed by atoms with E-state index < -0.39 is 23.2 Å². The molecule has 0 spiro atoms. The van der Waals surface area contributed by atoms with Gasteiger partial charge in [0.15, 0.2) is 15.2 Å². The van der Waals surface area contributed by atoms with Gasteiger partial charge in [0.25, 0.3) is 0 Å². The third-order valence-corrected chi connectivity index (χ3v) is 7.37. The second kappa shape index (κ2) is 7.98. The molecule has 1 heterocycles. The largest absolute Gasteiger partial charge is 0.438 e. The molecular weight excluding hydrogens is 414 g/mol. The van der Waals surface area contributed by atoms with E-state index in [9.17, 15) is 13.6 Å². The fourth-order valence-corrected chi connectivity index (χ4v) is 5.58. The van der Waals surface area contributed by atoms with E-state index in [0.29, 0.717) is 5.56 Å². The molecule has 0 radical (unpaired) electrons. The highest BCUT2D eigenvalue weighted by atomic mass is 32.2. The minimum Gasteiger partial charge on any atom is -0.438 e. The van der Waals surface area contributed by atoms with Gasteiger partial charge in [-0.1, -0.05) is 18.1 Å². The number of terminal acetylenes is 1. The average Bonchev–Trinajstić information content (AvgIpc) is 3.10. The zero-order valence-corrected chi connectivity index (χ0v) is 17.8. The van der Waals surface area contributed by atoms with Crippen molar-refractivity contribution >= 4 is 26.5 Å². The van der Waals surface area contributed by atoms with E-state index in [2.05, 4.69) is 30.4 Å². The molecule has 0 saturated carbocycles. The van der Waals surface area contributed by atoms with Gasteiger partial charge in [0.1, 0.15) is 17.0 Å². The van der Waals surface area contributed by atoms with Crippen LogP contribution in [0.3, 0.4) is 0 Å². The second-order valence-electron chi connectivity index (χ2n) is 7.38. The topological polar surface area (TPSA) is 26.3 Å². The predicted molar refractivity (Wildman–Crippen MR) is 120 cm³/mol. The van der Waals surface area contributed by atoms with Gasteiger partial charge in [0.2, 0.25) is 0 Å². The molecule has 5 heteroatoms. The number of carbonyl (C=O) groups excluding carboxylic acids is 1. The average molecular weight is 433 g/mol. The van der Waals surface area contributed by atoms with Gasteiger partial charge in [-0.25, -0.2) is 13.6 Å². The number of esters is 1. The van der Waals surface area contributed by atoms with Gasteiger partial charge in [-0.05, 0) is 62.4 Å². The first-order valence-corrected chi connectivity index (χ1v) is 10.9. The van der Waals surface area contributed by atoms with Crippen LogP contribution in [0, 0.1) is 30.9 Å². The fraction of sp³-hybridized carbons (Fsp3) is 0.115. The number of hydrogen-bond donors (Lipinski definition) is 0. The zero-order valence-electron chi connectivity index (χ0n) is 17.0. The molecule has 0 N–H and O–H groups in total. The maximum Gasteiger partial charge on any atom is 0.339 e. The number of benzene rings is 3. The van der Waals surface area contributed by atoms with E-state index in [-0.39, 0.29) is 16.0 Å². The van der Waals surface area contributed by atoms with E-state index in [1.807, 2.05) is 24.3 Å². The van der Waals surface area contributed by atoms with Gasteiger partial charge in [0.05, 0.1) is 5.56 Å². The first-order valence-electron chi connectivity index (χ1n) is 9.59. The number of hydrogen-bond acceptors (Lipinski definition) is 2. The van der Waals surface area contributed by atoms with Gasteiger partial charge in [-0.3, -0.25) is 0 Å². The molecule has 3 aromatic carbocycles. The molecule has 0 saturated heterocycles. The Morgan fingerprint density at radius 3 is 2.32 bits per heavy atom. The monoisotopic (exact) mass is 433 g/mol. The van der Waals surface area contributed by atoms with Crippen LogP contribution in [0.5, 0.6) is 0 Å². The molecule has 0 aliphatic heterocycles. The van der Waals surface area contributed by atoms with Crippen molar-refractivity contribution in [1.82, 2.24) is 0 Å². The molecule has 1 aromatic heterocycles. The van der Waals surface area contributed by atoms with E-state index in [0.717, 1.165) is 23.1 Å². The zero-order chi connectivity index (χ0) is 22.2. The van der Waals surface area contributed by atoms with Crippen LogP contribution in [0.15, 0.2) is 72.1 Å². The van der Waals surface area contributed by atoms with Crippen molar-refractivity contribution in [2.45, 2.75) is 19.4 Å². The Kier molecular flexibility index (Phi) is 5.34. The van der Waals surface area contributed by atoms with Crippen LogP contribution in [0.1, 0.15) is 28.4 Å². The highest BCUT2D eigenvalue weighted by Crippen LogP contribution is 2.41. The highest BCUT2D eigenvalue weighted by Gasteiger charge is 2.31. The number of halogens is 2. The molecule has 31 heavy (non-hydrogen) atoms. The summed E-state index contributed by atoms with van der Waals surface area (Å²) < 4.78 is 34.0. The molecule has 0 bridgehead atoms. The summed E-state index contributed by atoms with van der Waals surface area (Å²) in [5, 5.41) is 3.47. The molecule has 2 nitrogen and oxygen atoms in total. The van der Waals surface area contributed by atoms with E-state index in [4.69, 9.17) is 11.2 Å². The SMILES string of the molecule is C#CC(C)(OC(=O)c1ccc(-[s+]2cc(C)c3ccccc32)cc1)c1cc(F)cc(F)c1. The first kappa shape index (κ1) is 20.8. The minimum atomic E-state index is -1.61. The van der Waals surface area contributed by atoms with Crippen LogP contribution >= 0.6 is 10.5 Å². The Bertz CT molecular complexity index is 1310. The standard InChI is InChI=1S/C26H19F2O2S/c1-4-26(3,19-13-20(27)15-21(28)14-19)30-25(29)18-9-11-22(12-10-18)31-16-17(2)23-7-5-6-8-24(23)31/h1,5-16H,2-3H3/q+1. The maximum absolute atomic E-state index is 13.6. The first-order chi connectivity index (χ1) is 14.8. The van der Waals surface area contributed by atoms with Gasteiger partial charge < -0.3 is 4.74 Å². The van der Waals surface area contributed by atoms with Crippen molar-refractivity contribution < 1.29 is 18.3 Å². The van der Waals surface area contributed by atoms with Crippen LogP contribution in [0.2, 0.25) is 0 Å². The molecular formula is C26H19F2O2S+.